The molecule has 0 saturated carbocycles. The molecule has 0 bridgehead atoms. The lowest BCUT2D eigenvalue weighted by Crippen LogP contribution is -2.33. The fourth-order valence-corrected chi connectivity index (χ4v) is 4.09. The number of phenols is 1. The van der Waals surface area contributed by atoms with Gasteiger partial charge in [0.05, 0.1) is 6.54 Å². The molecule has 3 aromatic rings. The third kappa shape index (κ3) is 4.61. The molecule has 0 saturated heterocycles. The maximum Gasteiger partial charge on any atom is 0.425 e. The summed E-state index contributed by atoms with van der Waals surface area (Å²) in [6.45, 7) is 0.856. The molecule has 0 fully saturated rings. The molecule has 4 rings (SSSR count). The number of nitrogens with zero attached hydrogens (tertiary/aromatic N) is 4. The average molecular weight is 452 g/mol. The Bertz CT molecular complexity index is 1200. The number of benzene rings is 1. The molecular weight excluding hydrogens is 436 g/mol. The topological polar surface area (TPSA) is 71.2 Å². The average Bonchev–Trinajstić information content (AvgIpc) is 3.21. The zero-order valence-electron chi connectivity index (χ0n) is 15.9. The van der Waals surface area contributed by atoms with Gasteiger partial charge in [0.15, 0.2) is 11.6 Å². The molecule has 1 aliphatic heterocycles. The van der Waals surface area contributed by atoms with E-state index in [4.69, 9.17) is 0 Å². The van der Waals surface area contributed by atoms with Crippen molar-refractivity contribution in [2.45, 2.75) is 19.1 Å². The van der Waals surface area contributed by atoms with E-state index in [0.717, 1.165) is 16.2 Å². The van der Waals surface area contributed by atoms with Gasteiger partial charge in [-0.3, -0.25) is 4.57 Å². The van der Waals surface area contributed by atoms with Crippen molar-refractivity contribution in [3.63, 3.8) is 0 Å². The number of aromatic hydroxyl groups is 1. The Morgan fingerprint density at radius 3 is 2.61 bits per heavy atom. The quantitative estimate of drug-likeness (QED) is 0.608. The minimum Gasteiger partial charge on any atom is -0.505 e. The summed E-state index contributed by atoms with van der Waals surface area (Å²) in [7, 11) is 0. The first kappa shape index (κ1) is 21.0. The van der Waals surface area contributed by atoms with Crippen LogP contribution < -0.4 is 10.6 Å². The predicted molar refractivity (Wildman–Crippen MR) is 108 cm³/mol. The number of hydrogen-bond donors (Lipinski definition) is 1. The van der Waals surface area contributed by atoms with Gasteiger partial charge in [-0.1, -0.05) is 12.1 Å². The number of rotatable bonds is 4. The van der Waals surface area contributed by atoms with Crippen LogP contribution in [0.5, 0.6) is 5.75 Å². The molecule has 0 aliphatic carbocycles. The molecule has 31 heavy (non-hydrogen) atoms. The van der Waals surface area contributed by atoms with Gasteiger partial charge in [-0.15, -0.1) is 11.3 Å². The van der Waals surface area contributed by atoms with Gasteiger partial charge in [0.25, 0.3) is 0 Å². The molecule has 0 amide bonds. The summed E-state index contributed by atoms with van der Waals surface area (Å²) in [5, 5.41) is 9.31. The van der Waals surface area contributed by atoms with Crippen molar-refractivity contribution in [2.24, 2.45) is 0 Å². The molecule has 11 heteroatoms. The van der Waals surface area contributed by atoms with Crippen molar-refractivity contribution in [2.75, 3.05) is 18.0 Å². The molecule has 0 atom stereocenters. The first-order valence-electron chi connectivity index (χ1n) is 9.23. The number of anilines is 1. The van der Waals surface area contributed by atoms with Crippen LogP contribution in [-0.4, -0.2) is 32.7 Å². The van der Waals surface area contributed by atoms with Gasteiger partial charge in [-0.25, -0.2) is 14.2 Å². The molecule has 2 aromatic heterocycles. The Labute approximate surface area is 177 Å². The normalized spacial score (nSPS) is 14.6. The largest absolute Gasteiger partial charge is 0.505 e. The molecule has 1 aromatic carbocycles. The van der Waals surface area contributed by atoms with E-state index in [2.05, 4.69) is 9.97 Å². The molecule has 0 spiro atoms. The van der Waals surface area contributed by atoms with E-state index < -0.39 is 28.3 Å². The Balaban J connectivity index is 1.46. The van der Waals surface area contributed by atoms with Gasteiger partial charge in [-0.05, 0) is 41.8 Å². The highest BCUT2D eigenvalue weighted by Gasteiger charge is 2.32. The van der Waals surface area contributed by atoms with E-state index in [-0.39, 0.29) is 12.5 Å². The van der Waals surface area contributed by atoms with Gasteiger partial charge >= 0.3 is 11.9 Å². The lowest BCUT2D eigenvalue weighted by atomic mass is 9.99. The van der Waals surface area contributed by atoms with E-state index in [1.807, 2.05) is 6.08 Å². The van der Waals surface area contributed by atoms with Crippen molar-refractivity contribution < 1.29 is 22.7 Å². The van der Waals surface area contributed by atoms with E-state index in [1.54, 1.807) is 11.0 Å². The lowest BCUT2D eigenvalue weighted by Gasteiger charge is -2.26. The van der Waals surface area contributed by atoms with Gasteiger partial charge < -0.3 is 10.0 Å². The summed E-state index contributed by atoms with van der Waals surface area (Å²) in [6.07, 6.45) is -0.715. The summed E-state index contributed by atoms with van der Waals surface area (Å²) in [5.74, 6) is -0.885. The standard InChI is InChI=1S/C20H16F4N4O2S/c21-15-9-13(1-3-16(15)29)12-5-7-27(8-6-12)18-25-11-28(19(30)26-18)10-14-2-4-17(31-14)20(22,23)24/h1-5,9,11,29H,6-8,10H2. The van der Waals surface area contributed by atoms with Crippen LogP contribution in [0.25, 0.3) is 5.57 Å². The van der Waals surface area contributed by atoms with Gasteiger partial charge in [0.1, 0.15) is 11.2 Å². The zero-order valence-corrected chi connectivity index (χ0v) is 16.8. The smallest absolute Gasteiger partial charge is 0.425 e. The van der Waals surface area contributed by atoms with Gasteiger partial charge in [0, 0.05) is 18.0 Å². The monoisotopic (exact) mass is 452 g/mol. The molecule has 1 N–H and O–H groups in total. The third-order valence-corrected chi connectivity index (χ3v) is 5.95. The highest BCUT2D eigenvalue weighted by molar-refractivity contribution is 7.12. The molecule has 0 radical (unpaired) electrons. The van der Waals surface area contributed by atoms with Crippen molar-refractivity contribution in [3.8, 4) is 5.75 Å². The SMILES string of the molecule is O=c1nc(N2CC=C(c3ccc(O)c(F)c3)CC2)ncn1Cc1ccc(C(F)(F)F)s1. The number of halogens is 4. The first-order valence-corrected chi connectivity index (χ1v) is 10.0. The molecular formula is C20H16F4N4O2S. The Morgan fingerprint density at radius 1 is 1.19 bits per heavy atom. The van der Waals surface area contributed by atoms with Crippen LogP contribution in [0, 0.1) is 5.82 Å². The second-order valence-corrected chi connectivity index (χ2v) is 8.09. The van der Waals surface area contributed by atoms with E-state index >= 15 is 0 Å². The minimum atomic E-state index is -4.42. The molecule has 1 aliphatic rings. The summed E-state index contributed by atoms with van der Waals surface area (Å²) < 4.78 is 52.9. The first-order chi connectivity index (χ1) is 14.7. The second kappa shape index (κ2) is 8.14. The van der Waals surface area contributed by atoms with Crippen molar-refractivity contribution in [3.05, 3.63) is 74.4 Å². The van der Waals surface area contributed by atoms with Crippen LogP contribution in [-0.2, 0) is 12.7 Å². The number of thiophene rings is 1. The second-order valence-electron chi connectivity index (χ2n) is 6.92. The van der Waals surface area contributed by atoms with Crippen LogP contribution in [0.15, 0.2) is 47.5 Å². The van der Waals surface area contributed by atoms with Gasteiger partial charge in [0.2, 0.25) is 5.95 Å². The highest BCUT2D eigenvalue weighted by atomic mass is 32.1. The number of alkyl halides is 3. The third-order valence-electron chi connectivity index (χ3n) is 4.83. The van der Waals surface area contributed by atoms with Crippen molar-refractivity contribution in [1.82, 2.24) is 14.5 Å². The van der Waals surface area contributed by atoms with E-state index in [1.165, 1.54) is 24.5 Å². The van der Waals surface area contributed by atoms with Crippen LogP contribution in [0.1, 0.15) is 21.7 Å². The Kier molecular flexibility index (Phi) is 5.52. The number of aromatic nitrogens is 3. The maximum absolute atomic E-state index is 13.6. The van der Waals surface area contributed by atoms with Crippen LogP contribution in [0.3, 0.4) is 0 Å². The number of phenolic OH excluding ortho intramolecular Hbond substituents is 1. The van der Waals surface area contributed by atoms with E-state index in [0.29, 0.717) is 41.3 Å². The summed E-state index contributed by atoms with van der Waals surface area (Å²) >= 11 is 0.575. The summed E-state index contributed by atoms with van der Waals surface area (Å²) in [4.78, 5) is 21.9. The zero-order chi connectivity index (χ0) is 22.2. The molecule has 162 valence electrons. The predicted octanol–water partition coefficient (Wildman–Crippen LogP) is 3.91. The lowest BCUT2D eigenvalue weighted by molar-refractivity contribution is -0.134. The summed E-state index contributed by atoms with van der Waals surface area (Å²) in [5.41, 5.74) is 0.962. The van der Waals surface area contributed by atoms with Crippen LogP contribution in [0.2, 0.25) is 0 Å². The fourth-order valence-electron chi connectivity index (χ4n) is 3.21. The van der Waals surface area contributed by atoms with Crippen molar-refractivity contribution >= 4 is 22.9 Å². The van der Waals surface area contributed by atoms with Crippen LogP contribution >= 0.6 is 11.3 Å². The minimum absolute atomic E-state index is 0.0453. The van der Waals surface area contributed by atoms with E-state index in [9.17, 15) is 27.5 Å². The Morgan fingerprint density at radius 2 is 2.00 bits per heavy atom. The highest BCUT2D eigenvalue weighted by Crippen LogP contribution is 2.34. The van der Waals surface area contributed by atoms with Gasteiger partial charge in [-0.2, -0.15) is 18.2 Å². The summed E-state index contributed by atoms with van der Waals surface area (Å²) in [6, 6.07) is 6.51. The van der Waals surface area contributed by atoms with Crippen molar-refractivity contribution in [1.29, 1.82) is 0 Å². The molecule has 6 nitrogen and oxygen atoms in total. The molecule has 3 heterocycles. The number of hydrogen-bond acceptors (Lipinski definition) is 6. The Hall–Kier alpha value is -3.21. The maximum atomic E-state index is 13.6. The van der Waals surface area contributed by atoms with Crippen LogP contribution in [0.4, 0.5) is 23.5 Å². The fraction of sp³-hybridized carbons (Fsp3) is 0.250. The molecule has 0 unspecified atom stereocenters.